The minimum absolute atomic E-state index is 0.171. The van der Waals surface area contributed by atoms with Gasteiger partial charge in [0.2, 0.25) is 0 Å². The first-order valence-electron chi connectivity index (χ1n) is 11.2. The number of hydrogen-bond donors (Lipinski definition) is 1. The van der Waals surface area contributed by atoms with E-state index in [1.54, 1.807) is 18.2 Å². The van der Waals surface area contributed by atoms with Gasteiger partial charge < -0.3 is 5.11 Å². The molecule has 4 aliphatic rings. The molecule has 1 aromatic carbocycles. The number of Topliss-reactive ketones (excluding diaryl/α,β-unsaturated/α-hetero) is 1. The summed E-state index contributed by atoms with van der Waals surface area (Å²) in [5.74, 6) is 1.42. The average molecular weight is 395 g/mol. The van der Waals surface area contributed by atoms with E-state index in [0.29, 0.717) is 23.3 Å². The lowest BCUT2D eigenvalue weighted by atomic mass is 9.48. The van der Waals surface area contributed by atoms with E-state index in [-0.39, 0.29) is 28.5 Å². The number of allylic oxidation sites excluding steroid dienone is 2. The van der Waals surface area contributed by atoms with Gasteiger partial charge in [-0.05, 0) is 85.8 Å². The number of ketones is 1. The second-order valence-corrected chi connectivity index (χ2v) is 10.3. The lowest BCUT2D eigenvalue weighted by Crippen LogP contribution is -2.50. The van der Waals surface area contributed by atoms with Gasteiger partial charge in [-0.2, -0.15) is 0 Å². The van der Waals surface area contributed by atoms with Crippen LogP contribution in [0.25, 0.3) is 6.08 Å². The van der Waals surface area contributed by atoms with E-state index >= 15 is 0 Å². The maximum Gasteiger partial charge on any atom is 0.165 e. The molecule has 0 amide bonds. The molecule has 0 spiro atoms. The number of halogens is 1. The zero-order valence-electron chi connectivity index (χ0n) is 17.5. The number of carbonyl (C=O) groups excluding carboxylic acids is 1. The molecule has 154 valence electrons. The predicted octanol–water partition coefficient (Wildman–Crippen LogP) is 5.71. The highest BCUT2D eigenvalue weighted by Gasteiger charge is 2.59. The fourth-order valence-corrected chi connectivity index (χ4v) is 7.22. The molecule has 0 aromatic heterocycles. The third-order valence-corrected chi connectivity index (χ3v) is 8.95. The van der Waals surface area contributed by atoms with Crippen LogP contribution in [0.2, 0.25) is 0 Å². The van der Waals surface area contributed by atoms with E-state index in [2.05, 4.69) is 19.9 Å². The van der Waals surface area contributed by atoms with Crippen LogP contribution in [-0.2, 0) is 4.79 Å². The van der Waals surface area contributed by atoms with Crippen molar-refractivity contribution >= 4 is 11.9 Å². The van der Waals surface area contributed by atoms with Gasteiger partial charge in [-0.25, -0.2) is 4.39 Å². The molecule has 0 unspecified atom stereocenters. The minimum Gasteiger partial charge on any atom is -0.393 e. The molecule has 0 aliphatic heterocycles. The number of aliphatic hydroxyl groups excluding tert-OH is 1. The first-order valence-corrected chi connectivity index (χ1v) is 11.2. The van der Waals surface area contributed by atoms with Crippen molar-refractivity contribution < 1.29 is 14.3 Å². The molecular formula is C26H31FO2. The molecule has 0 bridgehead atoms. The van der Waals surface area contributed by atoms with E-state index in [1.807, 2.05) is 6.07 Å². The number of benzene rings is 1. The molecular weight excluding hydrogens is 363 g/mol. The molecule has 6 atom stereocenters. The Hall–Kier alpha value is -1.74. The van der Waals surface area contributed by atoms with Crippen LogP contribution in [0, 0.1) is 34.4 Å². The van der Waals surface area contributed by atoms with E-state index in [1.165, 1.54) is 11.6 Å². The number of aliphatic hydroxyl groups is 1. The van der Waals surface area contributed by atoms with Crippen molar-refractivity contribution in [2.24, 2.45) is 28.6 Å². The summed E-state index contributed by atoms with van der Waals surface area (Å²) in [5, 5.41) is 10.2. The summed E-state index contributed by atoms with van der Waals surface area (Å²) in [4.78, 5) is 13.4. The SMILES string of the molecule is C[C@@]12CC[C@H]3[C@@H](CC=C4C[C@H](O)CC[C@]43C)[C@H]1CC(=Cc1ccccc1F)C2=O. The number of hydrogen-bond acceptors (Lipinski definition) is 2. The van der Waals surface area contributed by atoms with Crippen LogP contribution in [0.15, 0.2) is 41.5 Å². The molecule has 4 aliphatic carbocycles. The minimum atomic E-state index is -0.311. The molecule has 0 radical (unpaired) electrons. The first kappa shape index (κ1) is 19.2. The molecule has 0 heterocycles. The topological polar surface area (TPSA) is 37.3 Å². The molecule has 29 heavy (non-hydrogen) atoms. The molecule has 3 heteroatoms. The lowest BCUT2D eigenvalue weighted by Gasteiger charge is -2.56. The van der Waals surface area contributed by atoms with Gasteiger partial charge in [0.15, 0.2) is 5.78 Å². The average Bonchev–Trinajstić information content (AvgIpc) is 2.95. The van der Waals surface area contributed by atoms with Crippen LogP contribution >= 0.6 is 0 Å². The summed E-state index contributed by atoms with van der Waals surface area (Å²) < 4.78 is 14.2. The Kier molecular flexibility index (Phi) is 4.40. The van der Waals surface area contributed by atoms with Crippen LogP contribution in [0.3, 0.4) is 0 Å². The second kappa shape index (κ2) is 6.63. The van der Waals surface area contributed by atoms with E-state index < -0.39 is 0 Å². The van der Waals surface area contributed by atoms with Gasteiger partial charge in [0, 0.05) is 11.0 Å². The van der Waals surface area contributed by atoms with Crippen molar-refractivity contribution in [3.05, 3.63) is 52.9 Å². The molecule has 3 fully saturated rings. The van der Waals surface area contributed by atoms with Crippen LogP contribution in [-0.4, -0.2) is 17.0 Å². The quantitative estimate of drug-likeness (QED) is 0.489. The highest BCUT2D eigenvalue weighted by atomic mass is 19.1. The van der Waals surface area contributed by atoms with Crippen LogP contribution in [0.4, 0.5) is 4.39 Å². The van der Waals surface area contributed by atoms with Gasteiger partial charge in [-0.3, -0.25) is 4.79 Å². The summed E-state index contributed by atoms with van der Waals surface area (Å²) in [6.07, 6.45) is 10.6. The van der Waals surface area contributed by atoms with Crippen LogP contribution in [0.1, 0.15) is 64.4 Å². The molecule has 1 N–H and O–H groups in total. The number of carbonyl (C=O) groups is 1. The normalized spacial score (nSPS) is 42.8. The Balaban J connectivity index is 1.49. The summed E-state index contributed by atoms with van der Waals surface area (Å²) in [7, 11) is 0. The standard InChI is InChI=1S/C26H31FO2/c1-25-11-9-19(28)15-18(25)7-8-20-21(25)10-12-26(2)22(20)14-17(24(26)29)13-16-5-3-4-6-23(16)27/h3-7,13,19-22,28H,8-12,14-15H2,1-2H3/t19-,20-,21+,22-,25-,26-/m1/s1. The Morgan fingerprint density at radius 2 is 1.83 bits per heavy atom. The predicted molar refractivity (Wildman–Crippen MR) is 112 cm³/mol. The molecule has 5 rings (SSSR count). The third kappa shape index (κ3) is 2.80. The van der Waals surface area contributed by atoms with Crippen molar-refractivity contribution in [2.45, 2.75) is 64.9 Å². The fourth-order valence-electron chi connectivity index (χ4n) is 7.22. The first-order chi connectivity index (χ1) is 13.8. The van der Waals surface area contributed by atoms with Gasteiger partial charge in [-0.15, -0.1) is 0 Å². The van der Waals surface area contributed by atoms with Crippen LogP contribution in [0.5, 0.6) is 0 Å². The zero-order valence-corrected chi connectivity index (χ0v) is 17.5. The molecule has 0 saturated heterocycles. The largest absolute Gasteiger partial charge is 0.393 e. The summed E-state index contributed by atoms with van der Waals surface area (Å²) >= 11 is 0. The van der Waals surface area contributed by atoms with Crippen molar-refractivity contribution in [3.63, 3.8) is 0 Å². The fraction of sp³-hybridized carbons (Fsp3) is 0.577. The number of rotatable bonds is 1. The maximum atomic E-state index is 14.2. The maximum absolute atomic E-state index is 14.2. The van der Waals surface area contributed by atoms with Gasteiger partial charge >= 0.3 is 0 Å². The van der Waals surface area contributed by atoms with E-state index in [9.17, 15) is 14.3 Å². The van der Waals surface area contributed by atoms with Gasteiger partial charge in [0.05, 0.1) is 6.10 Å². The smallest absolute Gasteiger partial charge is 0.165 e. The van der Waals surface area contributed by atoms with E-state index in [0.717, 1.165) is 50.5 Å². The van der Waals surface area contributed by atoms with Crippen molar-refractivity contribution in [2.75, 3.05) is 0 Å². The van der Waals surface area contributed by atoms with Crippen molar-refractivity contribution in [1.29, 1.82) is 0 Å². The molecule has 1 aromatic rings. The Morgan fingerprint density at radius 1 is 1.07 bits per heavy atom. The Morgan fingerprint density at radius 3 is 2.62 bits per heavy atom. The summed E-state index contributed by atoms with van der Waals surface area (Å²) in [6, 6.07) is 6.73. The molecule has 2 nitrogen and oxygen atoms in total. The van der Waals surface area contributed by atoms with E-state index in [4.69, 9.17) is 0 Å². The zero-order chi connectivity index (χ0) is 20.4. The van der Waals surface area contributed by atoms with Gasteiger partial charge in [0.25, 0.3) is 0 Å². The Labute approximate surface area is 172 Å². The third-order valence-electron chi connectivity index (χ3n) is 8.95. The van der Waals surface area contributed by atoms with Crippen molar-refractivity contribution in [1.82, 2.24) is 0 Å². The highest BCUT2D eigenvalue weighted by Crippen LogP contribution is 2.64. The van der Waals surface area contributed by atoms with Crippen molar-refractivity contribution in [3.8, 4) is 0 Å². The summed E-state index contributed by atoms with van der Waals surface area (Å²) in [6.45, 7) is 4.56. The lowest BCUT2D eigenvalue weighted by molar-refractivity contribution is -0.130. The highest BCUT2D eigenvalue weighted by molar-refractivity contribution is 6.06. The summed E-state index contributed by atoms with van der Waals surface area (Å²) in [5.41, 5.74) is 2.64. The van der Waals surface area contributed by atoms with Gasteiger partial charge in [-0.1, -0.05) is 43.7 Å². The number of fused-ring (bicyclic) bond motifs is 5. The van der Waals surface area contributed by atoms with Crippen LogP contribution < -0.4 is 0 Å². The Bertz CT molecular complexity index is 915. The molecule has 3 saturated carbocycles. The second-order valence-electron chi connectivity index (χ2n) is 10.3. The van der Waals surface area contributed by atoms with Gasteiger partial charge in [0.1, 0.15) is 5.82 Å². The monoisotopic (exact) mass is 394 g/mol.